The van der Waals surface area contributed by atoms with E-state index in [9.17, 15) is 4.79 Å². The van der Waals surface area contributed by atoms with Crippen molar-refractivity contribution in [1.29, 1.82) is 0 Å². The van der Waals surface area contributed by atoms with Crippen molar-refractivity contribution in [1.82, 2.24) is 4.57 Å². The van der Waals surface area contributed by atoms with Crippen molar-refractivity contribution in [2.45, 2.75) is 20.4 Å². The topological polar surface area (TPSA) is 22.0 Å². The average Bonchev–Trinajstić information content (AvgIpc) is 2.09. The molecule has 2 nitrogen and oxygen atoms in total. The number of hydrogen-bond donors (Lipinski definition) is 0. The molecule has 70 valence electrons. The minimum Gasteiger partial charge on any atom is -0.311 e. The van der Waals surface area contributed by atoms with Crippen LogP contribution in [0.2, 0.25) is 0 Å². The van der Waals surface area contributed by atoms with Gasteiger partial charge in [0.15, 0.2) is 0 Å². The van der Waals surface area contributed by atoms with Crippen molar-refractivity contribution < 1.29 is 0 Å². The second kappa shape index (κ2) is 4.28. The highest BCUT2D eigenvalue weighted by molar-refractivity contribution is 6.25. The lowest BCUT2D eigenvalue weighted by Gasteiger charge is -2.04. The van der Waals surface area contributed by atoms with Gasteiger partial charge in [-0.15, -0.1) is 0 Å². The Morgan fingerprint density at radius 1 is 1.69 bits per heavy atom. The molecule has 1 rings (SSSR count). The molecule has 0 saturated carbocycles. The quantitative estimate of drug-likeness (QED) is 0.713. The van der Waals surface area contributed by atoms with E-state index in [2.05, 4.69) is 0 Å². The van der Waals surface area contributed by atoms with Gasteiger partial charge >= 0.3 is 0 Å². The molecule has 0 aliphatic rings. The maximum Gasteiger partial charge on any atom is 0.251 e. The Morgan fingerprint density at radius 2 is 2.38 bits per heavy atom. The monoisotopic (exact) mass is 197 g/mol. The summed E-state index contributed by atoms with van der Waals surface area (Å²) in [5, 5.41) is 0. The molecule has 0 N–H and O–H groups in total. The predicted molar refractivity (Wildman–Crippen MR) is 55.0 cm³/mol. The van der Waals surface area contributed by atoms with Crippen LogP contribution in [0.5, 0.6) is 0 Å². The summed E-state index contributed by atoms with van der Waals surface area (Å²) in [4.78, 5) is 11.4. The van der Waals surface area contributed by atoms with Gasteiger partial charge in [0, 0.05) is 24.3 Å². The van der Waals surface area contributed by atoms with Gasteiger partial charge in [-0.1, -0.05) is 11.6 Å². The number of hydrogen-bond acceptors (Lipinski definition) is 1. The first kappa shape index (κ1) is 10.1. The van der Waals surface area contributed by atoms with Crippen LogP contribution in [-0.2, 0) is 6.54 Å². The second-order valence-corrected chi connectivity index (χ2v) is 3.34. The Kier molecular flexibility index (Phi) is 3.32. The van der Waals surface area contributed by atoms with Crippen LogP contribution in [0, 0.1) is 6.92 Å². The Balaban J connectivity index is 2.97. The zero-order chi connectivity index (χ0) is 9.84. The van der Waals surface area contributed by atoms with Crippen molar-refractivity contribution in [2.24, 2.45) is 0 Å². The smallest absolute Gasteiger partial charge is 0.251 e. The summed E-state index contributed by atoms with van der Waals surface area (Å²) >= 11 is 5.51. The molecular formula is C10H12ClNO. The first-order valence-corrected chi connectivity index (χ1v) is 4.50. The summed E-state index contributed by atoms with van der Waals surface area (Å²) in [5.74, 6) is 0. The van der Waals surface area contributed by atoms with Gasteiger partial charge < -0.3 is 4.57 Å². The predicted octanol–water partition coefficient (Wildman–Crippen LogP) is 2.30. The molecular weight excluding hydrogens is 186 g/mol. The van der Waals surface area contributed by atoms with E-state index in [0.717, 1.165) is 11.1 Å². The Morgan fingerprint density at radius 3 is 2.92 bits per heavy atom. The van der Waals surface area contributed by atoms with Crippen LogP contribution in [-0.4, -0.2) is 4.57 Å². The van der Waals surface area contributed by atoms with Gasteiger partial charge in [0.2, 0.25) is 0 Å². The molecule has 1 aromatic rings. The summed E-state index contributed by atoms with van der Waals surface area (Å²) < 4.78 is 1.63. The molecule has 0 aromatic carbocycles. The van der Waals surface area contributed by atoms with Crippen LogP contribution in [0.4, 0.5) is 0 Å². The summed E-state index contributed by atoms with van der Waals surface area (Å²) in [6, 6.07) is 3.52. The number of rotatable bonds is 2. The molecule has 0 saturated heterocycles. The van der Waals surface area contributed by atoms with Crippen molar-refractivity contribution in [3.63, 3.8) is 0 Å². The molecule has 0 bridgehead atoms. The normalized spacial score (nSPS) is 11.8. The highest BCUT2D eigenvalue weighted by atomic mass is 35.5. The zero-order valence-corrected chi connectivity index (χ0v) is 8.51. The number of aromatic nitrogens is 1. The number of nitrogens with zero attached hydrogens (tertiary/aromatic N) is 1. The molecule has 0 amide bonds. The van der Waals surface area contributed by atoms with Crippen LogP contribution in [0.3, 0.4) is 0 Å². The fourth-order valence-electron chi connectivity index (χ4n) is 1.04. The third kappa shape index (κ3) is 2.74. The molecule has 1 aromatic heterocycles. The molecule has 0 aliphatic heterocycles. The van der Waals surface area contributed by atoms with Gasteiger partial charge in [0.25, 0.3) is 5.56 Å². The lowest BCUT2D eigenvalue weighted by atomic mass is 10.3. The van der Waals surface area contributed by atoms with E-state index in [4.69, 9.17) is 11.6 Å². The van der Waals surface area contributed by atoms with Crippen LogP contribution in [0.1, 0.15) is 12.5 Å². The number of allylic oxidation sites excluding steroid dienone is 1. The number of halogens is 1. The molecule has 0 spiro atoms. The Hall–Kier alpha value is -1.02. The van der Waals surface area contributed by atoms with Gasteiger partial charge in [-0.05, 0) is 31.1 Å². The summed E-state index contributed by atoms with van der Waals surface area (Å²) in [6.07, 6.45) is 1.78. The van der Waals surface area contributed by atoms with Gasteiger partial charge in [-0.3, -0.25) is 4.79 Å². The highest BCUT2D eigenvalue weighted by Crippen LogP contribution is 1.99. The number of aryl methyl sites for hydroxylation is 1. The largest absolute Gasteiger partial charge is 0.311 e. The first-order valence-electron chi connectivity index (χ1n) is 4.06. The fraction of sp³-hybridized carbons (Fsp3) is 0.300. The van der Waals surface area contributed by atoms with Crippen LogP contribution in [0.25, 0.3) is 0 Å². The van der Waals surface area contributed by atoms with Gasteiger partial charge in [-0.2, -0.15) is 0 Å². The minimum atomic E-state index is 0.0119. The first-order chi connectivity index (χ1) is 6.13. The lowest BCUT2D eigenvalue weighted by molar-refractivity contribution is 0.746. The maximum atomic E-state index is 11.4. The van der Waals surface area contributed by atoms with Crippen LogP contribution in [0.15, 0.2) is 34.2 Å². The van der Waals surface area contributed by atoms with E-state index >= 15 is 0 Å². The third-order valence-corrected chi connectivity index (χ3v) is 2.13. The molecule has 0 unspecified atom stereocenters. The van der Waals surface area contributed by atoms with E-state index in [0.29, 0.717) is 6.54 Å². The lowest BCUT2D eigenvalue weighted by Crippen LogP contribution is -2.19. The molecule has 0 radical (unpaired) electrons. The second-order valence-electron chi connectivity index (χ2n) is 3.13. The van der Waals surface area contributed by atoms with Crippen molar-refractivity contribution in [3.8, 4) is 0 Å². The van der Waals surface area contributed by atoms with Gasteiger partial charge in [0.05, 0.1) is 0 Å². The molecule has 0 fully saturated rings. The Labute approximate surface area is 82.5 Å². The van der Waals surface area contributed by atoms with Crippen molar-refractivity contribution in [2.75, 3.05) is 0 Å². The maximum absolute atomic E-state index is 11.4. The summed E-state index contributed by atoms with van der Waals surface area (Å²) in [7, 11) is 0. The SMILES string of the molecule is C/C(=C/Cl)Cn1ccc(C)cc1=O. The molecule has 13 heavy (non-hydrogen) atoms. The molecule has 0 aliphatic carbocycles. The van der Waals surface area contributed by atoms with E-state index < -0.39 is 0 Å². The van der Waals surface area contributed by atoms with E-state index in [-0.39, 0.29) is 5.56 Å². The van der Waals surface area contributed by atoms with E-state index in [1.165, 1.54) is 5.54 Å². The summed E-state index contributed by atoms with van der Waals surface area (Å²) in [5.41, 5.74) is 3.45. The number of pyridine rings is 1. The standard InChI is InChI=1S/C10H12ClNO/c1-8-3-4-12(10(13)5-8)7-9(2)6-11/h3-6H,7H2,1-2H3/b9-6-. The summed E-state index contributed by atoms with van der Waals surface area (Å²) in [6.45, 7) is 4.35. The van der Waals surface area contributed by atoms with Gasteiger partial charge in [-0.25, -0.2) is 0 Å². The van der Waals surface area contributed by atoms with E-state index in [1.54, 1.807) is 16.8 Å². The average molecular weight is 198 g/mol. The van der Waals surface area contributed by atoms with Crippen LogP contribution >= 0.6 is 11.6 Å². The minimum absolute atomic E-state index is 0.0119. The van der Waals surface area contributed by atoms with Crippen molar-refractivity contribution in [3.05, 3.63) is 45.4 Å². The highest BCUT2D eigenvalue weighted by Gasteiger charge is 1.96. The van der Waals surface area contributed by atoms with Crippen molar-refractivity contribution >= 4 is 11.6 Å². The third-order valence-electron chi connectivity index (χ3n) is 1.76. The van der Waals surface area contributed by atoms with Crippen LogP contribution < -0.4 is 5.56 Å². The van der Waals surface area contributed by atoms with Gasteiger partial charge in [0.1, 0.15) is 0 Å². The zero-order valence-electron chi connectivity index (χ0n) is 7.75. The fourth-order valence-corrected chi connectivity index (χ4v) is 1.11. The molecule has 3 heteroatoms. The molecule has 0 atom stereocenters. The molecule has 1 heterocycles. The Bertz CT molecular complexity index is 379. The van der Waals surface area contributed by atoms with E-state index in [1.807, 2.05) is 19.9 Å².